The zero-order chi connectivity index (χ0) is 13.4. The van der Waals surface area contributed by atoms with E-state index in [0.29, 0.717) is 0 Å². The van der Waals surface area contributed by atoms with Crippen LogP contribution in [-0.4, -0.2) is 16.5 Å². The molecule has 0 saturated heterocycles. The number of hydrogen-bond acceptors (Lipinski definition) is 2. The molecule has 0 aliphatic heterocycles. The lowest BCUT2D eigenvalue weighted by Crippen LogP contribution is -1.88. The molecule has 0 bridgehead atoms. The zero-order valence-electron chi connectivity index (χ0n) is 11.3. The van der Waals surface area contributed by atoms with Crippen molar-refractivity contribution in [1.29, 1.82) is 0 Å². The van der Waals surface area contributed by atoms with Crippen LogP contribution < -0.4 is 4.74 Å². The molecule has 2 aromatic heterocycles. The molecule has 1 aromatic carbocycles. The predicted octanol–water partition coefficient (Wildman–Crippen LogP) is 3.63. The molecular formula is C16H16N2O. The van der Waals surface area contributed by atoms with E-state index in [1.54, 1.807) is 7.11 Å². The molecule has 96 valence electrons. The first-order valence-electron chi connectivity index (χ1n) is 6.29. The van der Waals surface area contributed by atoms with Crippen molar-refractivity contribution in [2.45, 2.75) is 13.8 Å². The molecule has 3 heteroatoms. The van der Waals surface area contributed by atoms with Gasteiger partial charge >= 0.3 is 0 Å². The summed E-state index contributed by atoms with van der Waals surface area (Å²) in [6.07, 6.45) is 2.12. The lowest BCUT2D eigenvalue weighted by atomic mass is 10.1. The number of fused-ring (bicyclic) bond motifs is 1. The average molecular weight is 252 g/mol. The SMILES string of the molecule is COc1ccc(-c2nc3ccc(C)cn3c2C)cc1. The van der Waals surface area contributed by atoms with Gasteiger partial charge in [0.25, 0.3) is 0 Å². The molecular weight excluding hydrogens is 236 g/mol. The number of nitrogens with zero attached hydrogens (tertiary/aromatic N) is 2. The molecule has 0 amide bonds. The van der Waals surface area contributed by atoms with Crippen molar-refractivity contribution in [3.05, 3.63) is 53.9 Å². The maximum absolute atomic E-state index is 5.18. The largest absolute Gasteiger partial charge is 0.497 e. The number of aromatic nitrogens is 2. The third-order valence-electron chi connectivity index (χ3n) is 3.37. The molecule has 3 aromatic rings. The van der Waals surface area contributed by atoms with Gasteiger partial charge in [-0.2, -0.15) is 0 Å². The summed E-state index contributed by atoms with van der Waals surface area (Å²) < 4.78 is 7.32. The highest BCUT2D eigenvalue weighted by Gasteiger charge is 2.10. The molecule has 0 spiro atoms. The van der Waals surface area contributed by atoms with Crippen molar-refractivity contribution in [3.8, 4) is 17.0 Å². The van der Waals surface area contributed by atoms with Crippen LogP contribution in [0.3, 0.4) is 0 Å². The Morgan fingerprint density at radius 1 is 1.00 bits per heavy atom. The van der Waals surface area contributed by atoms with E-state index in [9.17, 15) is 0 Å². The lowest BCUT2D eigenvalue weighted by Gasteiger charge is -2.02. The van der Waals surface area contributed by atoms with E-state index in [1.165, 1.54) is 5.56 Å². The first-order chi connectivity index (χ1) is 9.19. The Bertz CT molecular complexity index is 726. The van der Waals surface area contributed by atoms with Crippen molar-refractivity contribution in [2.75, 3.05) is 7.11 Å². The van der Waals surface area contributed by atoms with Crippen LogP contribution in [0.1, 0.15) is 11.3 Å². The quantitative estimate of drug-likeness (QED) is 0.696. The summed E-state index contributed by atoms with van der Waals surface area (Å²) >= 11 is 0. The van der Waals surface area contributed by atoms with Crippen molar-refractivity contribution < 1.29 is 4.74 Å². The third kappa shape index (κ3) is 1.97. The Labute approximate surface area is 112 Å². The molecule has 0 unspecified atom stereocenters. The highest BCUT2D eigenvalue weighted by Crippen LogP contribution is 2.25. The van der Waals surface area contributed by atoms with Crippen LogP contribution in [0.5, 0.6) is 5.75 Å². The van der Waals surface area contributed by atoms with E-state index in [0.717, 1.165) is 28.3 Å². The van der Waals surface area contributed by atoms with E-state index >= 15 is 0 Å². The molecule has 0 atom stereocenters. The van der Waals surface area contributed by atoms with Crippen molar-refractivity contribution >= 4 is 5.65 Å². The van der Waals surface area contributed by atoms with Gasteiger partial charge in [0.2, 0.25) is 0 Å². The second-order valence-corrected chi connectivity index (χ2v) is 4.71. The van der Waals surface area contributed by atoms with Gasteiger partial charge in [0.1, 0.15) is 11.4 Å². The molecule has 0 saturated carbocycles. The summed E-state index contributed by atoms with van der Waals surface area (Å²) in [6, 6.07) is 12.1. The summed E-state index contributed by atoms with van der Waals surface area (Å²) in [5.74, 6) is 0.862. The van der Waals surface area contributed by atoms with Crippen molar-refractivity contribution in [3.63, 3.8) is 0 Å². The first-order valence-corrected chi connectivity index (χ1v) is 6.29. The minimum absolute atomic E-state index is 0.862. The average Bonchev–Trinajstić information content (AvgIpc) is 2.76. The Kier molecular flexibility index (Phi) is 2.75. The van der Waals surface area contributed by atoms with Crippen LogP contribution in [0.4, 0.5) is 0 Å². The predicted molar refractivity (Wildman–Crippen MR) is 76.7 cm³/mol. The van der Waals surface area contributed by atoms with Gasteiger partial charge < -0.3 is 9.14 Å². The number of methoxy groups -OCH3 is 1. The minimum atomic E-state index is 0.862. The summed E-state index contributed by atoms with van der Waals surface area (Å²) in [5.41, 5.74) is 5.50. The number of hydrogen-bond donors (Lipinski definition) is 0. The molecule has 0 N–H and O–H groups in total. The van der Waals surface area contributed by atoms with E-state index < -0.39 is 0 Å². The van der Waals surface area contributed by atoms with Gasteiger partial charge in [-0.3, -0.25) is 0 Å². The highest BCUT2D eigenvalue weighted by molar-refractivity contribution is 5.67. The Morgan fingerprint density at radius 3 is 2.42 bits per heavy atom. The van der Waals surface area contributed by atoms with Crippen LogP contribution in [-0.2, 0) is 0 Å². The van der Waals surface area contributed by atoms with E-state index in [4.69, 9.17) is 9.72 Å². The molecule has 19 heavy (non-hydrogen) atoms. The molecule has 3 rings (SSSR count). The standard InChI is InChI=1S/C16H16N2O/c1-11-4-9-15-17-16(12(2)18(15)10-11)13-5-7-14(19-3)8-6-13/h4-10H,1-3H3. The fourth-order valence-corrected chi connectivity index (χ4v) is 2.29. The fourth-order valence-electron chi connectivity index (χ4n) is 2.29. The summed E-state index contributed by atoms with van der Waals surface area (Å²) in [4.78, 5) is 4.70. The minimum Gasteiger partial charge on any atom is -0.497 e. The number of rotatable bonds is 2. The van der Waals surface area contributed by atoms with Gasteiger partial charge in [-0.1, -0.05) is 6.07 Å². The summed E-state index contributed by atoms with van der Waals surface area (Å²) in [6.45, 7) is 4.19. The fraction of sp³-hybridized carbons (Fsp3) is 0.188. The topological polar surface area (TPSA) is 26.5 Å². The number of ether oxygens (including phenoxy) is 1. The maximum Gasteiger partial charge on any atom is 0.137 e. The molecule has 0 fully saturated rings. The van der Waals surface area contributed by atoms with Gasteiger partial charge in [-0.15, -0.1) is 0 Å². The Hall–Kier alpha value is -2.29. The third-order valence-corrected chi connectivity index (χ3v) is 3.37. The molecule has 0 aliphatic carbocycles. The molecule has 0 radical (unpaired) electrons. The van der Waals surface area contributed by atoms with Gasteiger partial charge in [-0.25, -0.2) is 4.98 Å². The summed E-state index contributed by atoms with van der Waals surface area (Å²) in [7, 11) is 1.67. The number of pyridine rings is 1. The van der Waals surface area contributed by atoms with Crippen LogP contribution in [0, 0.1) is 13.8 Å². The Balaban J connectivity index is 2.16. The lowest BCUT2D eigenvalue weighted by molar-refractivity contribution is 0.415. The van der Waals surface area contributed by atoms with Gasteiger partial charge in [0, 0.05) is 17.5 Å². The maximum atomic E-state index is 5.18. The normalized spacial score (nSPS) is 10.9. The number of imidazole rings is 1. The van der Waals surface area contributed by atoms with Crippen LogP contribution in [0.2, 0.25) is 0 Å². The van der Waals surface area contributed by atoms with Gasteiger partial charge in [0.05, 0.1) is 12.8 Å². The van der Waals surface area contributed by atoms with Gasteiger partial charge in [-0.05, 0) is 49.7 Å². The van der Waals surface area contributed by atoms with E-state index in [2.05, 4.69) is 36.6 Å². The van der Waals surface area contributed by atoms with Crippen LogP contribution in [0.25, 0.3) is 16.9 Å². The molecule has 3 nitrogen and oxygen atoms in total. The molecule has 0 aliphatic rings. The van der Waals surface area contributed by atoms with Gasteiger partial charge in [0.15, 0.2) is 0 Å². The summed E-state index contributed by atoms with van der Waals surface area (Å²) in [5, 5.41) is 0. The highest BCUT2D eigenvalue weighted by atomic mass is 16.5. The molecule has 2 heterocycles. The Morgan fingerprint density at radius 2 is 1.74 bits per heavy atom. The van der Waals surface area contributed by atoms with Crippen molar-refractivity contribution in [1.82, 2.24) is 9.38 Å². The number of benzene rings is 1. The van der Waals surface area contributed by atoms with Crippen LogP contribution in [0.15, 0.2) is 42.6 Å². The number of aryl methyl sites for hydroxylation is 2. The zero-order valence-corrected chi connectivity index (χ0v) is 11.3. The van der Waals surface area contributed by atoms with Crippen LogP contribution >= 0.6 is 0 Å². The second kappa shape index (κ2) is 4.43. The van der Waals surface area contributed by atoms with E-state index in [-0.39, 0.29) is 0 Å². The first kappa shape index (κ1) is 11.8. The monoisotopic (exact) mass is 252 g/mol. The van der Waals surface area contributed by atoms with E-state index in [1.807, 2.05) is 24.3 Å². The van der Waals surface area contributed by atoms with Crippen molar-refractivity contribution in [2.24, 2.45) is 0 Å². The second-order valence-electron chi connectivity index (χ2n) is 4.71. The smallest absolute Gasteiger partial charge is 0.137 e.